The summed E-state index contributed by atoms with van der Waals surface area (Å²) < 4.78 is 0. The van der Waals surface area contributed by atoms with Crippen molar-refractivity contribution in [2.24, 2.45) is 0 Å². The maximum Gasteiger partial charge on any atom is 0.329 e. The van der Waals surface area contributed by atoms with Gasteiger partial charge in [-0.05, 0) is 44.2 Å². The third-order valence-corrected chi connectivity index (χ3v) is 4.32. The highest BCUT2D eigenvalue weighted by Gasteiger charge is 2.46. The maximum absolute atomic E-state index is 12.5. The fraction of sp³-hybridized carbons (Fsp3) is 0.500. The van der Waals surface area contributed by atoms with Gasteiger partial charge in [-0.15, -0.1) is 0 Å². The lowest BCUT2D eigenvalue weighted by molar-refractivity contribution is -0.146. The number of rotatable bonds is 3. The van der Waals surface area contributed by atoms with Gasteiger partial charge < -0.3 is 15.3 Å². The van der Waals surface area contributed by atoms with E-state index >= 15 is 0 Å². The Morgan fingerprint density at radius 1 is 1.43 bits per heavy atom. The normalized spacial score (nSPS) is 21.4. The van der Waals surface area contributed by atoms with E-state index in [4.69, 9.17) is 0 Å². The number of carboxylic acids is 1. The summed E-state index contributed by atoms with van der Waals surface area (Å²) in [4.78, 5) is 25.4. The second kappa shape index (κ2) is 5.76. The topological polar surface area (TPSA) is 69.6 Å². The molecule has 114 valence electrons. The lowest BCUT2D eigenvalue weighted by Crippen LogP contribution is -2.52. The molecule has 1 aliphatic rings. The molecule has 5 nitrogen and oxygen atoms in total. The van der Waals surface area contributed by atoms with Gasteiger partial charge in [0.2, 0.25) is 0 Å². The van der Waals surface area contributed by atoms with Gasteiger partial charge in [0.25, 0.3) is 0 Å². The van der Waals surface area contributed by atoms with Crippen LogP contribution in [0.5, 0.6) is 0 Å². The number of anilines is 1. The largest absolute Gasteiger partial charge is 0.480 e. The van der Waals surface area contributed by atoms with Crippen molar-refractivity contribution in [3.63, 3.8) is 0 Å². The molecule has 0 saturated carbocycles. The minimum Gasteiger partial charge on any atom is -0.480 e. The van der Waals surface area contributed by atoms with Gasteiger partial charge in [0.1, 0.15) is 5.54 Å². The molecule has 21 heavy (non-hydrogen) atoms. The molecule has 0 spiro atoms. The Morgan fingerprint density at radius 2 is 2.14 bits per heavy atom. The number of carbonyl (C=O) groups is 2. The molecule has 1 aliphatic heterocycles. The summed E-state index contributed by atoms with van der Waals surface area (Å²) in [6.45, 7) is 6.05. The molecule has 0 aliphatic carbocycles. The van der Waals surface area contributed by atoms with Crippen LogP contribution in [0.3, 0.4) is 0 Å². The number of aliphatic carboxylic acids is 1. The van der Waals surface area contributed by atoms with E-state index in [2.05, 4.69) is 5.32 Å². The van der Waals surface area contributed by atoms with Crippen LogP contribution in [-0.4, -0.2) is 34.1 Å². The summed E-state index contributed by atoms with van der Waals surface area (Å²) in [5, 5.41) is 12.3. The van der Waals surface area contributed by atoms with E-state index < -0.39 is 11.5 Å². The van der Waals surface area contributed by atoms with Gasteiger partial charge >= 0.3 is 12.0 Å². The number of amides is 2. The number of hydrogen-bond acceptors (Lipinski definition) is 2. The minimum atomic E-state index is -1.11. The van der Waals surface area contributed by atoms with Crippen molar-refractivity contribution < 1.29 is 14.7 Å². The third-order valence-electron chi connectivity index (χ3n) is 4.32. The standard InChI is InChI=1S/C16H22N2O3/c1-4-12-8-5-7-11(2)13(12)17-15(21)18-10-6-9-16(18,3)14(19)20/h5,7-8H,4,6,9-10H2,1-3H3,(H,17,21)(H,19,20). The Bertz CT molecular complexity index is 571. The SMILES string of the molecule is CCc1cccc(C)c1NC(=O)N1CCCC1(C)C(=O)O. The molecule has 2 amide bonds. The van der Waals surface area contributed by atoms with E-state index in [0.29, 0.717) is 19.4 Å². The maximum atomic E-state index is 12.5. The van der Waals surface area contributed by atoms with Crippen LogP contribution < -0.4 is 5.32 Å². The first kappa shape index (κ1) is 15.4. The van der Waals surface area contributed by atoms with Gasteiger partial charge in [-0.2, -0.15) is 0 Å². The first-order valence-electron chi connectivity index (χ1n) is 7.30. The van der Waals surface area contributed by atoms with E-state index in [1.807, 2.05) is 32.0 Å². The average molecular weight is 290 g/mol. The quantitative estimate of drug-likeness (QED) is 0.899. The average Bonchev–Trinajstić information content (AvgIpc) is 2.84. The molecular formula is C16H22N2O3. The fourth-order valence-electron chi connectivity index (χ4n) is 2.89. The highest BCUT2D eigenvalue weighted by molar-refractivity contribution is 5.95. The van der Waals surface area contributed by atoms with Crippen LogP contribution in [-0.2, 0) is 11.2 Å². The fourth-order valence-corrected chi connectivity index (χ4v) is 2.89. The molecule has 1 saturated heterocycles. The predicted octanol–water partition coefficient (Wildman–Crippen LogP) is 3.03. The molecule has 0 bridgehead atoms. The molecule has 1 unspecified atom stereocenters. The molecule has 0 aromatic heterocycles. The van der Waals surface area contributed by atoms with Crippen molar-refractivity contribution in [1.29, 1.82) is 0 Å². The summed E-state index contributed by atoms with van der Waals surface area (Å²) in [6.07, 6.45) is 2.02. The molecule has 1 atom stereocenters. The monoisotopic (exact) mass is 290 g/mol. The number of aryl methyl sites for hydroxylation is 2. The van der Waals surface area contributed by atoms with Gasteiger partial charge in [0, 0.05) is 12.2 Å². The summed E-state index contributed by atoms with van der Waals surface area (Å²) in [5.41, 5.74) is 1.72. The smallest absolute Gasteiger partial charge is 0.329 e. The number of benzene rings is 1. The Kier molecular flexibility index (Phi) is 4.21. The zero-order valence-corrected chi connectivity index (χ0v) is 12.8. The number of nitrogens with zero attached hydrogens (tertiary/aromatic N) is 1. The van der Waals surface area contributed by atoms with Crippen LogP contribution in [0.15, 0.2) is 18.2 Å². The Morgan fingerprint density at radius 3 is 2.76 bits per heavy atom. The number of nitrogens with one attached hydrogen (secondary N) is 1. The Labute approximate surface area is 125 Å². The van der Waals surface area contributed by atoms with Crippen molar-refractivity contribution in [1.82, 2.24) is 4.90 Å². The molecular weight excluding hydrogens is 268 g/mol. The molecule has 1 aromatic carbocycles. The summed E-state index contributed by atoms with van der Waals surface area (Å²) in [7, 11) is 0. The first-order valence-corrected chi connectivity index (χ1v) is 7.30. The van der Waals surface area contributed by atoms with Crippen molar-refractivity contribution in [3.8, 4) is 0 Å². The van der Waals surface area contributed by atoms with Crippen LogP contribution in [0.25, 0.3) is 0 Å². The zero-order chi connectivity index (χ0) is 15.6. The predicted molar refractivity (Wildman–Crippen MR) is 81.6 cm³/mol. The van der Waals surface area contributed by atoms with E-state index in [-0.39, 0.29) is 6.03 Å². The lowest BCUT2D eigenvalue weighted by Gasteiger charge is -2.31. The summed E-state index contributed by atoms with van der Waals surface area (Å²) in [6, 6.07) is 5.54. The molecule has 5 heteroatoms. The van der Waals surface area contributed by atoms with Gasteiger partial charge in [-0.3, -0.25) is 0 Å². The summed E-state index contributed by atoms with van der Waals surface area (Å²) >= 11 is 0. The minimum absolute atomic E-state index is 0.332. The van der Waals surface area contributed by atoms with Crippen LogP contribution in [0.4, 0.5) is 10.5 Å². The molecule has 1 aromatic rings. The van der Waals surface area contributed by atoms with Crippen molar-refractivity contribution in [2.45, 2.75) is 45.6 Å². The number of urea groups is 1. The number of hydrogen-bond donors (Lipinski definition) is 2. The van der Waals surface area contributed by atoms with Gasteiger partial charge in [0.15, 0.2) is 0 Å². The van der Waals surface area contributed by atoms with Gasteiger partial charge in [-0.1, -0.05) is 25.1 Å². The van der Waals surface area contributed by atoms with Crippen molar-refractivity contribution >= 4 is 17.7 Å². The van der Waals surface area contributed by atoms with Crippen LogP contribution >= 0.6 is 0 Å². The number of carboxylic acid groups (broad SMARTS) is 1. The zero-order valence-electron chi connectivity index (χ0n) is 12.8. The van der Waals surface area contributed by atoms with Gasteiger partial charge in [-0.25, -0.2) is 9.59 Å². The lowest BCUT2D eigenvalue weighted by atomic mass is 9.99. The first-order chi connectivity index (χ1) is 9.90. The number of carbonyl (C=O) groups excluding carboxylic acids is 1. The molecule has 2 rings (SSSR count). The van der Waals surface area contributed by atoms with E-state index in [1.165, 1.54) is 4.90 Å². The second-order valence-electron chi connectivity index (χ2n) is 5.73. The van der Waals surface area contributed by atoms with Gasteiger partial charge in [0.05, 0.1) is 0 Å². The molecule has 0 radical (unpaired) electrons. The highest BCUT2D eigenvalue weighted by Crippen LogP contribution is 2.30. The Hall–Kier alpha value is -2.04. The van der Waals surface area contributed by atoms with Crippen LogP contribution in [0.2, 0.25) is 0 Å². The van der Waals surface area contributed by atoms with E-state index in [9.17, 15) is 14.7 Å². The molecule has 2 N–H and O–H groups in total. The number of likely N-dealkylation sites (tertiary alicyclic amines) is 1. The number of para-hydroxylation sites is 1. The molecule has 1 heterocycles. The third kappa shape index (κ3) is 2.73. The van der Waals surface area contributed by atoms with E-state index in [1.54, 1.807) is 6.92 Å². The van der Waals surface area contributed by atoms with E-state index in [0.717, 1.165) is 23.2 Å². The molecule has 1 fully saturated rings. The Balaban J connectivity index is 2.25. The highest BCUT2D eigenvalue weighted by atomic mass is 16.4. The van der Waals surface area contributed by atoms with Crippen LogP contribution in [0, 0.1) is 6.92 Å². The second-order valence-corrected chi connectivity index (χ2v) is 5.73. The van der Waals surface area contributed by atoms with Crippen molar-refractivity contribution in [3.05, 3.63) is 29.3 Å². The van der Waals surface area contributed by atoms with Crippen molar-refractivity contribution in [2.75, 3.05) is 11.9 Å². The van der Waals surface area contributed by atoms with Crippen LogP contribution in [0.1, 0.15) is 37.8 Å². The summed E-state index contributed by atoms with van der Waals surface area (Å²) in [5.74, 6) is -0.948.